The van der Waals surface area contributed by atoms with Crippen LogP contribution in [0, 0.1) is 11.8 Å². The molecule has 6 heteroatoms. The molecule has 3 aliphatic rings. The zero-order valence-electron chi connectivity index (χ0n) is 14.1. The molecule has 0 bridgehead atoms. The molecule has 0 radical (unpaired) electrons. The number of likely N-dealkylation sites (tertiary alicyclic amines) is 1. The molecule has 3 heterocycles. The van der Waals surface area contributed by atoms with Gasteiger partial charge in [-0.2, -0.15) is 0 Å². The number of anilines is 1. The molecule has 2 saturated heterocycles. The first-order valence-corrected chi connectivity index (χ1v) is 10.0. The van der Waals surface area contributed by atoms with E-state index in [4.69, 9.17) is 4.98 Å². The highest BCUT2D eigenvalue weighted by atomic mass is 32.1. The lowest BCUT2D eigenvalue weighted by Crippen LogP contribution is -2.39. The SMILES string of the molecule is O=C(NCCc1csc(N2CCCC2)n1)N1C[C@H]2CC=CC[C@H]2C1. The Morgan fingerprint density at radius 2 is 1.92 bits per heavy atom. The van der Waals surface area contributed by atoms with Crippen LogP contribution in [-0.4, -0.2) is 48.6 Å². The molecule has 1 aliphatic carbocycles. The van der Waals surface area contributed by atoms with Gasteiger partial charge in [0.15, 0.2) is 5.13 Å². The van der Waals surface area contributed by atoms with E-state index >= 15 is 0 Å². The number of carbonyl (C=O) groups excluding carboxylic acids is 1. The maximum absolute atomic E-state index is 12.4. The second-order valence-corrected chi connectivity index (χ2v) is 8.00. The predicted molar refractivity (Wildman–Crippen MR) is 97.6 cm³/mol. The molecule has 2 amide bonds. The molecule has 1 aromatic heterocycles. The van der Waals surface area contributed by atoms with Crippen molar-refractivity contribution < 1.29 is 4.79 Å². The third-order valence-electron chi connectivity index (χ3n) is 5.48. The minimum Gasteiger partial charge on any atom is -0.348 e. The molecule has 1 N–H and O–H groups in total. The number of fused-ring (bicyclic) bond motifs is 1. The van der Waals surface area contributed by atoms with Crippen molar-refractivity contribution in [2.75, 3.05) is 37.6 Å². The normalized spacial score (nSPS) is 26.0. The second kappa shape index (κ2) is 7.13. The molecule has 130 valence electrons. The van der Waals surface area contributed by atoms with Crippen LogP contribution >= 0.6 is 11.3 Å². The van der Waals surface area contributed by atoms with Crippen molar-refractivity contribution in [2.24, 2.45) is 11.8 Å². The van der Waals surface area contributed by atoms with E-state index in [1.165, 1.54) is 12.8 Å². The van der Waals surface area contributed by atoms with Crippen molar-refractivity contribution in [3.8, 4) is 0 Å². The van der Waals surface area contributed by atoms with Gasteiger partial charge >= 0.3 is 6.03 Å². The van der Waals surface area contributed by atoms with Crippen LogP contribution in [-0.2, 0) is 6.42 Å². The number of nitrogens with zero attached hydrogens (tertiary/aromatic N) is 3. The number of nitrogens with one attached hydrogen (secondary N) is 1. The lowest BCUT2D eigenvalue weighted by molar-refractivity contribution is 0.206. The molecule has 2 fully saturated rings. The number of allylic oxidation sites excluding steroid dienone is 2. The highest BCUT2D eigenvalue weighted by Crippen LogP contribution is 2.32. The van der Waals surface area contributed by atoms with Crippen LogP contribution in [0.15, 0.2) is 17.5 Å². The van der Waals surface area contributed by atoms with Crippen molar-refractivity contribution in [3.05, 3.63) is 23.2 Å². The van der Waals surface area contributed by atoms with E-state index in [2.05, 4.69) is 27.7 Å². The molecule has 4 rings (SSSR count). The molecule has 0 unspecified atom stereocenters. The van der Waals surface area contributed by atoms with E-state index in [1.54, 1.807) is 11.3 Å². The number of carbonyl (C=O) groups is 1. The van der Waals surface area contributed by atoms with Crippen LogP contribution in [0.5, 0.6) is 0 Å². The molecule has 24 heavy (non-hydrogen) atoms. The Hall–Kier alpha value is -1.56. The Labute approximate surface area is 147 Å². The first-order chi connectivity index (χ1) is 11.8. The Balaban J connectivity index is 1.22. The second-order valence-electron chi connectivity index (χ2n) is 7.17. The Kier molecular flexibility index (Phi) is 4.74. The average molecular weight is 347 g/mol. The highest BCUT2D eigenvalue weighted by molar-refractivity contribution is 7.13. The molecule has 1 aromatic rings. The topological polar surface area (TPSA) is 48.5 Å². The van der Waals surface area contributed by atoms with E-state index in [0.717, 1.165) is 56.3 Å². The third kappa shape index (κ3) is 3.43. The summed E-state index contributed by atoms with van der Waals surface area (Å²) in [6.45, 7) is 4.77. The van der Waals surface area contributed by atoms with Gasteiger partial charge in [-0.1, -0.05) is 12.2 Å². The summed E-state index contributed by atoms with van der Waals surface area (Å²) in [5.41, 5.74) is 1.10. The van der Waals surface area contributed by atoms with Crippen molar-refractivity contribution in [3.63, 3.8) is 0 Å². The summed E-state index contributed by atoms with van der Waals surface area (Å²) in [6.07, 6.45) is 10.2. The average Bonchev–Trinajstić information content (AvgIpc) is 3.33. The summed E-state index contributed by atoms with van der Waals surface area (Å²) in [5.74, 6) is 1.34. The number of aromatic nitrogens is 1. The van der Waals surface area contributed by atoms with Gasteiger partial charge in [0, 0.05) is 44.5 Å². The molecule has 5 nitrogen and oxygen atoms in total. The van der Waals surface area contributed by atoms with Gasteiger partial charge in [-0.05, 0) is 37.5 Å². The van der Waals surface area contributed by atoms with Gasteiger partial charge in [0.25, 0.3) is 0 Å². The number of amides is 2. The Bertz CT molecular complexity index is 592. The van der Waals surface area contributed by atoms with Crippen LogP contribution in [0.1, 0.15) is 31.4 Å². The molecular formula is C18H26N4OS. The summed E-state index contributed by atoms with van der Waals surface area (Å²) >= 11 is 1.73. The minimum atomic E-state index is 0.0967. The van der Waals surface area contributed by atoms with Crippen molar-refractivity contribution in [2.45, 2.75) is 32.1 Å². The van der Waals surface area contributed by atoms with E-state index in [-0.39, 0.29) is 6.03 Å². The van der Waals surface area contributed by atoms with E-state index in [9.17, 15) is 4.79 Å². The molecule has 0 saturated carbocycles. The van der Waals surface area contributed by atoms with E-state index < -0.39 is 0 Å². The van der Waals surface area contributed by atoms with Crippen molar-refractivity contribution in [1.82, 2.24) is 15.2 Å². The Morgan fingerprint density at radius 1 is 1.21 bits per heavy atom. The molecule has 2 aliphatic heterocycles. The minimum absolute atomic E-state index is 0.0967. The number of thiazole rings is 1. The van der Waals surface area contributed by atoms with Gasteiger partial charge in [0.05, 0.1) is 5.69 Å². The maximum Gasteiger partial charge on any atom is 0.317 e. The lowest BCUT2D eigenvalue weighted by Gasteiger charge is -2.17. The largest absolute Gasteiger partial charge is 0.348 e. The van der Waals surface area contributed by atoms with E-state index in [1.807, 2.05) is 4.90 Å². The number of rotatable bonds is 4. The van der Waals surface area contributed by atoms with Crippen LogP contribution in [0.2, 0.25) is 0 Å². The monoisotopic (exact) mass is 346 g/mol. The van der Waals surface area contributed by atoms with Gasteiger partial charge < -0.3 is 15.1 Å². The zero-order valence-corrected chi connectivity index (χ0v) is 14.9. The Morgan fingerprint density at radius 3 is 2.62 bits per heavy atom. The van der Waals surface area contributed by atoms with Crippen LogP contribution in [0.3, 0.4) is 0 Å². The summed E-state index contributed by atoms with van der Waals surface area (Å²) < 4.78 is 0. The smallest absolute Gasteiger partial charge is 0.317 e. The first kappa shape index (κ1) is 15.9. The summed E-state index contributed by atoms with van der Waals surface area (Å²) in [5, 5.41) is 6.36. The fourth-order valence-corrected chi connectivity index (χ4v) is 4.97. The lowest BCUT2D eigenvalue weighted by atomic mass is 9.86. The number of hydrogen-bond donors (Lipinski definition) is 1. The predicted octanol–water partition coefficient (Wildman–Crippen LogP) is 2.89. The molecule has 0 spiro atoms. The van der Waals surface area contributed by atoms with Gasteiger partial charge in [-0.3, -0.25) is 0 Å². The molecular weight excluding hydrogens is 320 g/mol. The van der Waals surface area contributed by atoms with Crippen molar-refractivity contribution >= 4 is 22.5 Å². The van der Waals surface area contributed by atoms with E-state index in [0.29, 0.717) is 18.4 Å². The van der Waals surface area contributed by atoms with Gasteiger partial charge in [0.1, 0.15) is 0 Å². The highest BCUT2D eigenvalue weighted by Gasteiger charge is 2.34. The fourth-order valence-electron chi connectivity index (χ4n) is 4.05. The number of urea groups is 1. The first-order valence-electron chi connectivity index (χ1n) is 9.17. The van der Waals surface area contributed by atoms with Crippen molar-refractivity contribution in [1.29, 1.82) is 0 Å². The van der Waals surface area contributed by atoms with Crippen LogP contribution in [0.25, 0.3) is 0 Å². The third-order valence-corrected chi connectivity index (χ3v) is 6.43. The summed E-state index contributed by atoms with van der Waals surface area (Å²) in [4.78, 5) is 21.4. The molecule has 0 aromatic carbocycles. The van der Waals surface area contributed by atoms with Gasteiger partial charge in [-0.25, -0.2) is 9.78 Å². The summed E-state index contributed by atoms with van der Waals surface area (Å²) in [7, 11) is 0. The summed E-state index contributed by atoms with van der Waals surface area (Å²) in [6, 6.07) is 0.0967. The fraction of sp³-hybridized carbons (Fsp3) is 0.667. The molecule has 2 atom stereocenters. The quantitative estimate of drug-likeness (QED) is 0.853. The van der Waals surface area contributed by atoms with Crippen LogP contribution < -0.4 is 10.2 Å². The standard InChI is InChI=1S/C18H26N4OS/c23-17(22-11-14-5-1-2-6-15(14)12-22)19-8-7-16-13-24-18(20-16)21-9-3-4-10-21/h1-2,13-15H,3-12H2,(H,19,23)/t14-,15+. The van der Waals surface area contributed by atoms with Gasteiger partial charge in [-0.15, -0.1) is 11.3 Å². The maximum atomic E-state index is 12.4. The van der Waals surface area contributed by atoms with Gasteiger partial charge in [0.2, 0.25) is 0 Å². The zero-order chi connectivity index (χ0) is 16.4. The van der Waals surface area contributed by atoms with Crippen LogP contribution in [0.4, 0.5) is 9.93 Å². The number of hydrogen-bond acceptors (Lipinski definition) is 4.